The van der Waals surface area contributed by atoms with Gasteiger partial charge in [-0.2, -0.15) is 13.2 Å². The van der Waals surface area contributed by atoms with Crippen LogP contribution in [0.5, 0.6) is 0 Å². The number of nitrogens with zero attached hydrogens (tertiary/aromatic N) is 2. The zero-order valence-corrected chi connectivity index (χ0v) is 12.1. The van der Waals surface area contributed by atoms with E-state index in [1.54, 1.807) is 0 Å². The van der Waals surface area contributed by atoms with Gasteiger partial charge in [-0.25, -0.2) is 4.79 Å². The largest absolute Gasteiger partial charge is 0.478 e. The van der Waals surface area contributed by atoms with Gasteiger partial charge in [0.25, 0.3) is 5.91 Å². The number of likely N-dealkylation sites (tertiary alicyclic amines) is 1. The molecule has 1 unspecified atom stereocenters. The maximum Gasteiger partial charge on any atom is 0.408 e. The van der Waals surface area contributed by atoms with Crippen molar-refractivity contribution in [3.05, 3.63) is 23.0 Å². The molecule has 3 rings (SSSR count). The summed E-state index contributed by atoms with van der Waals surface area (Å²) in [5.74, 6) is -2.01. The Kier molecular flexibility index (Phi) is 3.83. The van der Waals surface area contributed by atoms with Gasteiger partial charge in [-0.3, -0.25) is 4.79 Å². The Labute approximate surface area is 129 Å². The van der Waals surface area contributed by atoms with Crippen molar-refractivity contribution in [3.63, 3.8) is 0 Å². The minimum absolute atomic E-state index is 0.0163. The maximum absolute atomic E-state index is 13.0. The summed E-state index contributed by atoms with van der Waals surface area (Å²) in [4.78, 5) is 24.7. The first kappa shape index (κ1) is 15.9. The van der Waals surface area contributed by atoms with E-state index in [4.69, 9.17) is 4.74 Å². The molecule has 1 saturated heterocycles. The van der Waals surface area contributed by atoms with Gasteiger partial charge in [0, 0.05) is 13.1 Å². The Balaban J connectivity index is 1.98. The fourth-order valence-corrected chi connectivity index (χ4v) is 3.18. The molecule has 2 aliphatic heterocycles. The third-order valence-electron chi connectivity index (χ3n) is 4.25. The molecule has 3 heterocycles. The van der Waals surface area contributed by atoms with Crippen molar-refractivity contribution in [2.75, 3.05) is 13.2 Å². The number of carbonyl (C=O) groups is 2. The summed E-state index contributed by atoms with van der Waals surface area (Å²) in [6, 6.07) is -0.658. The summed E-state index contributed by atoms with van der Waals surface area (Å²) in [7, 11) is 0. The van der Waals surface area contributed by atoms with Crippen molar-refractivity contribution in [3.8, 4) is 0 Å². The van der Waals surface area contributed by atoms with Gasteiger partial charge in [-0.1, -0.05) is 0 Å². The summed E-state index contributed by atoms with van der Waals surface area (Å²) in [6.45, 7) is 0.567. The number of hydrogen-bond donors (Lipinski definition) is 1. The molecule has 1 fully saturated rings. The molecule has 0 aromatic carbocycles. The molecule has 2 aliphatic rings. The highest BCUT2D eigenvalue weighted by Crippen LogP contribution is 2.34. The van der Waals surface area contributed by atoms with Gasteiger partial charge in [-0.05, 0) is 18.9 Å². The lowest BCUT2D eigenvalue weighted by Crippen LogP contribution is -2.45. The van der Waals surface area contributed by atoms with Crippen LogP contribution in [0.1, 0.15) is 39.4 Å². The van der Waals surface area contributed by atoms with Crippen molar-refractivity contribution >= 4 is 11.9 Å². The van der Waals surface area contributed by atoms with Crippen molar-refractivity contribution in [2.45, 2.75) is 38.2 Å². The van der Waals surface area contributed by atoms with E-state index in [0.29, 0.717) is 5.69 Å². The fourth-order valence-electron chi connectivity index (χ4n) is 3.18. The van der Waals surface area contributed by atoms with Gasteiger partial charge in [0.2, 0.25) is 0 Å². The normalized spacial score (nSPS) is 21.3. The molecule has 0 aliphatic carbocycles. The highest BCUT2D eigenvalue weighted by Gasteiger charge is 2.48. The van der Waals surface area contributed by atoms with Crippen LogP contribution in [0, 0.1) is 0 Å². The Morgan fingerprint density at radius 1 is 1.30 bits per heavy atom. The molecule has 6 nitrogen and oxygen atoms in total. The second kappa shape index (κ2) is 5.55. The number of carboxylic acids is 1. The average Bonchev–Trinajstić information content (AvgIpc) is 3.11. The van der Waals surface area contributed by atoms with Crippen molar-refractivity contribution in [2.24, 2.45) is 0 Å². The number of fused-ring (bicyclic) bond motifs is 1. The molecule has 23 heavy (non-hydrogen) atoms. The molecule has 1 N–H and O–H groups in total. The Morgan fingerprint density at radius 2 is 2.04 bits per heavy atom. The number of ether oxygens (including phenoxy) is 1. The number of carbonyl (C=O) groups excluding carboxylic acids is 1. The molecule has 1 aromatic rings. The number of hydrogen-bond acceptors (Lipinski definition) is 3. The predicted molar refractivity (Wildman–Crippen MR) is 71.2 cm³/mol. The van der Waals surface area contributed by atoms with E-state index in [9.17, 15) is 27.9 Å². The van der Waals surface area contributed by atoms with Crippen LogP contribution in [0.15, 0.2) is 6.07 Å². The van der Waals surface area contributed by atoms with Crippen LogP contribution < -0.4 is 0 Å². The van der Waals surface area contributed by atoms with Crippen LogP contribution in [0.4, 0.5) is 13.2 Å². The highest BCUT2D eigenvalue weighted by molar-refractivity contribution is 5.98. The van der Waals surface area contributed by atoms with Crippen molar-refractivity contribution < 1.29 is 32.6 Å². The topological polar surface area (TPSA) is 71.8 Å². The predicted octanol–water partition coefficient (Wildman–Crippen LogP) is 1.88. The molecule has 0 saturated carbocycles. The van der Waals surface area contributed by atoms with Gasteiger partial charge in [0.1, 0.15) is 11.7 Å². The molecule has 0 spiro atoms. The lowest BCUT2D eigenvalue weighted by molar-refractivity contribution is -0.169. The average molecular weight is 332 g/mol. The first-order valence-corrected chi connectivity index (χ1v) is 7.22. The zero-order valence-electron chi connectivity index (χ0n) is 12.1. The molecule has 1 atom stereocenters. The summed E-state index contributed by atoms with van der Waals surface area (Å²) < 4.78 is 45.8. The second-order valence-corrected chi connectivity index (χ2v) is 5.60. The highest BCUT2D eigenvalue weighted by atomic mass is 19.4. The number of halogens is 3. The lowest BCUT2D eigenvalue weighted by atomic mass is 10.2. The molecule has 126 valence electrons. The van der Waals surface area contributed by atoms with E-state index in [0.717, 1.165) is 11.0 Å². The molecular formula is C14H15F3N2O4. The summed E-state index contributed by atoms with van der Waals surface area (Å²) in [5.41, 5.74) is 0.197. The maximum atomic E-state index is 13.0. The quantitative estimate of drug-likeness (QED) is 0.898. The van der Waals surface area contributed by atoms with Crippen molar-refractivity contribution in [1.82, 2.24) is 9.47 Å². The number of alkyl halides is 3. The lowest BCUT2D eigenvalue weighted by Gasteiger charge is -2.27. The van der Waals surface area contributed by atoms with E-state index in [-0.39, 0.29) is 50.4 Å². The molecule has 1 aromatic heterocycles. The van der Waals surface area contributed by atoms with E-state index in [1.807, 2.05) is 0 Å². The van der Waals surface area contributed by atoms with E-state index < -0.39 is 24.1 Å². The third kappa shape index (κ3) is 2.69. The molecule has 0 radical (unpaired) electrons. The monoisotopic (exact) mass is 332 g/mol. The van der Waals surface area contributed by atoms with Crippen LogP contribution in [-0.4, -0.2) is 51.8 Å². The van der Waals surface area contributed by atoms with Gasteiger partial charge in [0.15, 0.2) is 0 Å². The summed E-state index contributed by atoms with van der Waals surface area (Å²) in [6.07, 6.45) is -4.34. The third-order valence-corrected chi connectivity index (χ3v) is 4.25. The SMILES string of the molecule is O=C(O)c1cc(C(=O)N2CCCC2C(F)(F)F)n2c1COCC2. The van der Waals surface area contributed by atoms with Gasteiger partial charge in [-0.15, -0.1) is 0 Å². The molecule has 1 amide bonds. The molecule has 9 heteroatoms. The van der Waals surface area contributed by atoms with Crippen LogP contribution in [0.3, 0.4) is 0 Å². The second-order valence-electron chi connectivity index (χ2n) is 5.60. The number of rotatable bonds is 2. The summed E-state index contributed by atoms with van der Waals surface area (Å²) >= 11 is 0. The number of aromatic nitrogens is 1. The van der Waals surface area contributed by atoms with E-state index >= 15 is 0 Å². The minimum Gasteiger partial charge on any atom is -0.478 e. The Bertz CT molecular complexity index is 653. The van der Waals surface area contributed by atoms with Crippen LogP contribution in [-0.2, 0) is 17.9 Å². The van der Waals surface area contributed by atoms with Crippen LogP contribution in [0.25, 0.3) is 0 Å². The van der Waals surface area contributed by atoms with Crippen LogP contribution in [0.2, 0.25) is 0 Å². The minimum atomic E-state index is -4.48. The van der Waals surface area contributed by atoms with E-state index in [1.165, 1.54) is 4.57 Å². The first-order chi connectivity index (χ1) is 10.8. The van der Waals surface area contributed by atoms with Crippen molar-refractivity contribution in [1.29, 1.82) is 0 Å². The first-order valence-electron chi connectivity index (χ1n) is 7.22. The Morgan fingerprint density at radius 3 is 2.70 bits per heavy atom. The van der Waals surface area contributed by atoms with Gasteiger partial charge in [0.05, 0.1) is 24.5 Å². The van der Waals surface area contributed by atoms with Gasteiger partial charge < -0.3 is 19.3 Å². The zero-order chi connectivity index (χ0) is 16.8. The number of carboxylic acid groups (broad SMARTS) is 1. The number of amides is 1. The van der Waals surface area contributed by atoms with E-state index in [2.05, 4.69) is 0 Å². The number of aromatic carboxylic acids is 1. The standard InChI is InChI=1S/C14H15F3N2O4/c15-14(16,17)11-2-1-3-19(11)12(20)9-6-8(13(21)22)10-7-23-5-4-18(9)10/h6,11H,1-5,7H2,(H,21,22). The molecular weight excluding hydrogens is 317 g/mol. The molecule has 0 bridgehead atoms. The van der Waals surface area contributed by atoms with Gasteiger partial charge >= 0.3 is 12.1 Å². The smallest absolute Gasteiger partial charge is 0.408 e. The Hall–Kier alpha value is -2.03. The van der Waals surface area contributed by atoms with Crippen LogP contribution >= 0.6 is 0 Å². The summed E-state index contributed by atoms with van der Waals surface area (Å²) in [5, 5.41) is 9.21. The fraction of sp³-hybridized carbons (Fsp3) is 0.571.